The van der Waals surface area contributed by atoms with Crippen molar-refractivity contribution in [2.75, 3.05) is 26.2 Å². The van der Waals surface area contributed by atoms with Crippen LogP contribution in [0.2, 0.25) is 0 Å². The van der Waals surface area contributed by atoms with E-state index >= 15 is 0 Å². The Hall–Kier alpha value is -3.59. The Bertz CT molecular complexity index is 1330. The molecule has 0 saturated carbocycles. The second-order valence-electron chi connectivity index (χ2n) is 13.3. The summed E-state index contributed by atoms with van der Waals surface area (Å²) in [6.07, 6.45) is 4.46. The molecule has 238 valence electrons. The Labute approximate surface area is 260 Å². The maximum atomic E-state index is 13.9. The Morgan fingerprint density at radius 2 is 1.77 bits per heavy atom. The van der Waals surface area contributed by atoms with Gasteiger partial charge in [-0.05, 0) is 69.2 Å². The van der Waals surface area contributed by atoms with Crippen LogP contribution in [0.3, 0.4) is 0 Å². The highest BCUT2D eigenvalue weighted by atomic mass is 16.6. The topological polar surface area (TPSA) is 106 Å². The second-order valence-corrected chi connectivity index (χ2v) is 13.3. The van der Waals surface area contributed by atoms with E-state index in [0.717, 1.165) is 49.0 Å². The quantitative estimate of drug-likeness (QED) is 0.375. The van der Waals surface area contributed by atoms with Gasteiger partial charge in [0.15, 0.2) is 0 Å². The van der Waals surface area contributed by atoms with E-state index in [1.54, 1.807) is 6.07 Å². The number of rotatable bonds is 8. The largest absolute Gasteiger partial charge is 0.487 e. The van der Waals surface area contributed by atoms with Crippen molar-refractivity contribution in [2.24, 2.45) is 17.8 Å². The number of carbonyl (C=O) groups is 3. The van der Waals surface area contributed by atoms with Gasteiger partial charge in [-0.25, -0.2) is 4.79 Å². The number of aliphatic carboxylic acids is 1. The van der Waals surface area contributed by atoms with Crippen molar-refractivity contribution in [1.29, 1.82) is 0 Å². The van der Waals surface area contributed by atoms with Crippen LogP contribution in [0, 0.1) is 17.8 Å². The van der Waals surface area contributed by atoms with E-state index in [0.29, 0.717) is 11.5 Å². The minimum absolute atomic E-state index is 0.00226. The zero-order valence-electron chi connectivity index (χ0n) is 26.4. The average molecular weight is 607 g/mol. The van der Waals surface area contributed by atoms with Gasteiger partial charge in [-0.2, -0.15) is 0 Å². The van der Waals surface area contributed by atoms with Gasteiger partial charge < -0.3 is 29.1 Å². The molecule has 9 nitrogen and oxygen atoms in total. The van der Waals surface area contributed by atoms with Crippen LogP contribution in [0.5, 0.6) is 5.75 Å². The molecule has 3 heterocycles. The normalized spacial score (nSPS) is 26.7. The van der Waals surface area contributed by atoms with Crippen molar-refractivity contribution in [3.63, 3.8) is 0 Å². The molecular formula is C35H46N2O7. The van der Waals surface area contributed by atoms with Gasteiger partial charge in [-0.15, -0.1) is 0 Å². The maximum absolute atomic E-state index is 13.9. The number of hydrogen-bond donors (Lipinski definition) is 1. The van der Waals surface area contributed by atoms with E-state index in [-0.39, 0.29) is 62.4 Å². The van der Waals surface area contributed by atoms with E-state index in [1.165, 1.54) is 9.80 Å². The van der Waals surface area contributed by atoms with Crippen LogP contribution in [-0.4, -0.2) is 70.8 Å². The summed E-state index contributed by atoms with van der Waals surface area (Å²) in [5, 5.41) is 9.94. The van der Waals surface area contributed by atoms with Crippen molar-refractivity contribution in [2.45, 2.75) is 84.2 Å². The zero-order valence-corrected chi connectivity index (χ0v) is 26.4. The van der Waals surface area contributed by atoms with E-state index < -0.39 is 18.0 Å². The fraction of sp³-hybridized carbons (Fsp3) is 0.571. The number of amides is 2. The van der Waals surface area contributed by atoms with E-state index in [9.17, 15) is 19.5 Å². The molecule has 0 aliphatic carbocycles. The molecule has 2 amide bonds. The summed E-state index contributed by atoms with van der Waals surface area (Å²) in [4.78, 5) is 41.8. The minimum atomic E-state index is -1.06. The standard InChI is InChI=1S/C35H46N2O7/c1-23(2)9-8-16-35(4)29-14-12-24(3)43-31(29)28-19-26(13-15-30(28)44-35)32(38)36-17-18-37(21-27(20-36)33(39)40)34(41)42-22-25-10-6-5-7-11-25/h5-7,10-11,13,15,19,23-24,27,29,31H,8-9,12,14,16-18,20-22H2,1-4H3,(H,39,40)/t24-,27-,29-,31+,35+/m1/s1. The number of ether oxygens (including phenoxy) is 3. The molecule has 0 radical (unpaired) electrons. The predicted molar refractivity (Wildman–Crippen MR) is 165 cm³/mol. The number of benzene rings is 2. The fourth-order valence-corrected chi connectivity index (χ4v) is 6.83. The monoisotopic (exact) mass is 606 g/mol. The van der Waals surface area contributed by atoms with Gasteiger partial charge in [0, 0.05) is 43.2 Å². The molecular weight excluding hydrogens is 560 g/mol. The van der Waals surface area contributed by atoms with E-state index in [1.807, 2.05) is 42.5 Å². The van der Waals surface area contributed by atoms with Crippen molar-refractivity contribution >= 4 is 18.0 Å². The first kappa shape index (κ1) is 31.8. The van der Waals surface area contributed by atoms with Gasteiger partial charge in [0.1, 0.15) is 18.0 Å². The SMILES string of the molecule is CC(C)CCC[C@]1(C)Oc2ccc(C(=O)N3CCN(C(=O)OCc4ccccc4)C[C@H](C(=O)O)C3)cc2[C@@H]2O[C@H](C)CC[C@H]21. The Morgan fingerprint density at radius 3 is 2.50 bits per heavy atom. The Balaban J connectivity index is 1.32. The Morgan fingerprint density at radius 1 is 1.05 bits per heavy atom. The third-order valence-electron chi connectivity index (χ3n) is 9.40. The van der Waals surface area contributed by atoms with Crippen LogP contribution in [0.15, 0.2) is 48.5 Å². The van der Waals surface area contributed by atoms with Gasteiger partial charge in [0.25, 0.3) is 5.91 Å². The van der Waals surface area contributed by atoms with Gasteiger partial charge in [0.05, 0.1) is 18.1 Å². The number of fused-ring (bicyclic) bond motifs is 3. The maximum Gasteiger partial charge on any atom is 0.410 e. The molecule has 3 aliphatic rings. The van der Waals surface area contributed by atoms with Crippen molar-refractivity contribution < 1.29 is 33.7 Å². The molecule has 3 aliphatic heterocycles. The number of carboxylic acid groups (broad SMARTS) is 1. The average Bonchev–Trinajstić information content (AvgIpc) is 3.24. The van der Waals surface area contributed by atoms with E-state index in [4.69, 9.17) is 14.2 Å². The molecule has 2 aromatic carbocycles. The van der Waals surface area contributed by atoms with Crippen molar-refractivity contribution in [1.82, 2.24) is 9.80 Å². The van der Waals surface area contributed by atoms with Gasteiger partial charge in [0.2, 0.25) is 0 Å². The van der Waals surface area contributed by atoms with Gasteiger partial charge >= 0.3 is 12.1 Å². The third kappa shape index (κ3) is 7.20. The molecule has 9 heteroatoms. The molecule has 0 spiro atoms. The molecule has 0 bridgehead atoms. The summed E-state index contributed by atoms with van der Waals surface area (Å²) in [5.74, 6) is -0.722. The van der Waals surface area contributed by atoms with E-state index in [2.05, 4.69) is 27.7 Å². The highest BCUT2D eigenvalue weighted by Crippen LogP contribution is 2.52. The lowest BCUT2D eigenvalue weighted by molar-refractivity contribution is -0.152. The first-order chi connectivity index (χ1) is 21.0. The summed E-state index contributed by atoms with van der Waals surface area (Å²) in [6.45, 7) is 9.21. The molecule has 1 N–H and O–H groups in total. The predicted octanol–water partition coefficient (Wildman–Crippen LogP) is 6.32. The summed E-state index contributed by atoms with van der Waals surface area (Å²) in [7, 11) is 0. The lowest BCUT2D eigenvalue weighted by atomic mass is 9.72. The number of carboxylic acids is 1. The number of carbonyl (C=O) groups excluding carboxylic acids is 2. The van der Waals surface area contributed by atoms with Crippen LogP contribution < -0.4 is 4.74 Å². The first-order valence-electron chi connectivity index (χ1n) is 16.0. The summed E-state index contributed by atoms with van der Waals surface area (Å²) in [6, 6.07) is 14.8. The molecule has 2 aromatic rings. The Kier molecular flexibility index (Phi) is 9.83. The highest BCUT2D eigenvalue weighted by Gasteiger charge is 2.49. The number of nitrogens with zero attached hydrogens (tertiary/aromatic N) is 2. The smallest absolute Gasteiger partial charge is 0.410 e. The van der Waals surface area contributed by atoms with Gasteiger partial charge in [-0.3, -0.25) is 9.59 Å². The van der Waals surface area contributed by atoms with Crippen LogP contribution in [0.4, 0.5) is 4.79 Å². The summed E-state index contributed by atoms with van der Waals surface area (Å²) >= 11 is 0. The molecule has 44 heavy (non-hydrogen) atoms. The molecule has 0 aromatic heterocycles. The molecule has 5 rings (SSSR count). The van der Waals surface area contributed by atoms with Crippen molar-refractivity contribution in [3.8, 4) is 5.75 Å². The zero-order chi connectivity index (χ0) is 31.4. The minimum Gasteiger partial charge on any atom is -0.487 e. The molecule has 2 fully saturated rings. The van der Waals surface area contributed by atoms with Crippen molar-refractivity contribution in [3.05, 3.63) is 65.2 Å². The number of hydrogen-bond acceptors (Lipinski definition) is 6. The molecule has 5 atom stereocenters. The van der Waals surface area contributed by atoms with Crippen LogP contribution in [-0.2, 0) is 20.9 Å². The summed E-state index contributed by atoms with van der Waals surface area (Å²) in [5.41, 5.74) is 1.83. The van der Waals surface area contributed by atoms with Crippen LogP contribution in [0.25, 0.3) is 0 Å². The lowest BCUT2D eigenvalue weighted by Crippen LogP contribution is -2.50. The van der Waals surface area contributed by atoms with Crippen LogP contribution in [0.1, 0.15) is 87.4 Å². The fourth-order valence-electron chi connectivity index (χ4n) is 6.83. The summed E-state index contributed by atoms with van der Waals surface area (Å²) < 4.78 is 18.7. The highest BCUT2D eigenvalue weighted by molar-refractivity contribution is 5.95. The lowest BCUT2D eigenvalue weighted by Gasteiger charge is -2.50. The van der Waals surface area contributed by atoms with Gasteiger partial charge in [-0.1, -0.05) is 50.6 Å². The first-order valence-corrected chi connectivity index (χ1v) is 16.0. The third-order valence-corrected chi connectivity index (χ3v) is 9.40. The second kappa shape index (κ2) is 13.6. The van der Waals surface area contributed by atoms with Crippen LogP contribution >= 0.6 is 0 Å². The molecule has 0 unspecified atom stereocenters. The molecule has 2 saturated heterocycles.